The molecule has 0 radical (unpaired) electrons. The van der Waals surface area contributed by atoms with Gasteiger partial charge >= 0.3 is 29.3 Å². The molecule has 0 aliphatic heterocycles. The van der Waals surface area contributed by atoms with E-state index in [2.05, 4.69) is 0 Å². The average Bonchev–Trinajstić information content (AvgIpc) is 1.63. The van der Waals surface area contributed by atoms with Gasteiger partial charge in [0, 0.05) is 0 Å². The van der Waals surface area contributed by atoms with Crippen molar-refractivity contribution >= 4 is 5.97 Å². The molecule has 0 bridgehead atoms. The zero-order valence-electron chi connectivity index (χ0n) is 8.07. The summed E-state index contributed by atoms with van der Waals surface area (Å²) < 4.78 is 25.8. The first-order valence-corrected chi connectivity index (χ1v) is 4.06. The second-order valence-corrected chi connectivity index (χ2v) is 2.03. The monoisotopic (exact) mass is 239 g/mol. The molecule has 0 aromatic rings. The number of carbonyl (C=O) groups excluding carboxylic acids is 1. The van der Waals surface area contributed by atoms with Gasteiger partial charge in [-0.05, 0) is 6.92 Å². The fourth-order valence-electron chi connectivity index (χ4n) is 0. The molecule has 0 spiro atoms. The zero-order chi connectivity index (χ0) is 8.73. The number of hydrogen-bond donors (Lipinski definition) is 4. The summed E-state index contributed by atoms with van der Waals surface area (Å²) in [7, 11) is 0. The number of carbonyl (C=O) groups is 1. The molecule has 0 fully saturated rings. The Labute approximate surface area is 82.2 Å². The van der Waals surface area contributed by atoms with E-state index in [1.807, 2.05) is 0 Å². The number of carboxylic acids is 1. The third kappa shape index (κ3) is 79.5. The van der Waals surface area contributed by atoms with E-state index in [0.717, 1.165) is 6.92 Å². The molecule has 0 saturated carbocycles. The molecule has 0 heterocycles. The van der Waals surface area contributed by atoms with Gasteiger partial charge < -0.3 is 33.5 Å². The van der Waals surface area contributed by atoms with Crippen LogP contribution in [0, 0.1) is 0 Å². The van der Waals surface area contributed by atoms with Crippen LogP contribution < -0.4 is 30.9 Å². The Morgan fingerprint density at radius 1 is 1.31 bits per heavy atom. The molecule has 0 saturated heterocycles. The Hall–Kier alpha value is -0.256. The molecule has 0 aromatic carbocycles. The summed E-state index contributed by atoms with van der Waals surface area (Å²) in [6, 6.07) is 0. The topological polar surface area (TPSA) is 233 Å². The number of quaternary nitrogens is 3. The molecule has 1 atom stereocenters. The van der Waals surface area contributed by atoms with Crippen LogP contribution in [-0.2, 0) is 26.7 Å². The van der Waals surface area contributed by atoms with Crippen molar-refractivity contribution in [2.45, 2.75) is 13.0 Å². The summed E-state index contributed by atoms with van der Waals surface area (Å²) >= 11 is -4.08. The minimum absolute atomic E-state index is 0. The quantitative estimate of drug-likeness (QED) is 0.342. The predicted octanol–water partition coefficient (Wildman–Crippen LogP) is -3.25. The Kier molecular flexibility index (Phi) is 40.0. The van der Waals surface area contributed by atoms with Gasteiger partial charge in [-0.1, -0.05) is 0 Å². The molecular weight excluding hydrogens is 222 g/mol. The number of aliphatic carboxylic acids is 1. The van der Waals surface area contributed by atoms with Crippen molar-refractivity contribution in [2.24, 2.45) is 0 Å². The number of aliphatic hydroxyl groups excluding tert-OH is 1. The van der Waals surface area contributed by atoms with Crippen molar-refractivity contribution in [3.8, 4) is 0 Å². The van der Waals surface area contributed by atoms with E-state index in [4.69, 9.17) is 15.8 Å². The van der Waals surface area contributed by atoms with Crippen LogP contribution in [0.4, 0.5) is 0 Å². The average molecular weight is 239 g/mol. The number of rotatable bonds is 1. The first-order valence-electron chi connectivity index (χ1n) is 2.14. The van der Waals surface area contributed by atoms with Crippen LogP contribution in [0.2, 0.25) is 0 Å². The van der Waals surface area contributed by atoms with Gasteiger partial charge in [-0.15, -0.1) is 0 Å². The number of aliphatic hydroxyl groups is 1. The predicted molar refractivity (Wildman–Crippen MR) is 35.3 cm³/mol. The van der Waals surface area contributed by atoms with Gasteiger partial charge in [0.25, 0.3) is 0 Å². The van der Waals surface area contributed by atoms with Crippen LogP contribution >= 0.6 is 0 Å². The van der Waals surface area contributed by atoms with E-state index < -0.39 is 30.7 Å². The summed E-state index contributed by atoms with van der Waals surface area (Å²) in [6.07, 6.45) is -1.34. The van der Waals surface area contributed by atoms with Crippen molar-refractivity contribution < 1.29 is 44.3 Å². The van der Waals surface area contributed by atoms with Gasteiger partial charge in [-0.25, -0.2) is 0 Å². The first-order chi connectivity index (χ1) is 4.37. The van der Waals surface area contributed by atoms with Gasteiger partial charge in [0.1, 0.15) is 0 Å². The van der Waals surface area contributed by atoms with Gasteiger partial charge in [0.2, 0.25) is 0 Å². The molecule has 10 heteroatoms. The maximum atomic E-state index is 9.34. The molecule has 13 N–H and O–H groups in total. The van der Waals surface area contributed by atoms with Crippen LogP contribution in [-0.4, -0.2) is 17.2 Å². The van der Waals surface area contributed by atoms with Crippen molar-refractivity contribution in [3.05, 3.63) is 0 Å². The summed E-state index contributed by atoms with van der Waals surface area (Å²) in [5, 5.41) is 17.3. The van der Waals surface area contributed by atoms with Gasteiger partial charge in [0.05, 0.1) is 12.1 Å². The second kappa shape index (κ2) is 17.7. The molecule has 0 aromatic heterocycles. The van der Waals surface area contributed by atoms with E-state index in [9.17, 15) is 9.90 Å². The second-order valence-electron chi connectivity index (χ2n) is 1.25. The molecule has 1 unspecified atom stereocenters. The van der Waals surface area contributed by atoms with E-state index in [0.29, 0.717) is 0 Å². The number of carboxylic acid groups (broad SMARTS) is 1. The fraction of sp³-hybridized carbons (Fsp3) is 0.667. The SMILES string of the molecule is CC(O)C(=O)[O-].[NH4+].[NH4+].[NH4+].[O]=[Ti]([O-])[O-]. The first kappa shape index (κ1) is 29.3. The standard InChI is InChI=1S/C3H6O3.3H3N.3O.Ti/c1-2(4)3(5)6;;;;;;;/h2,4H,1H3,(H,5,6);3*1H3;;;;/q;;;;;2*-1;/p+2. The number of hydrogen-bond acceptors (Lipinski definition) is 6. The van der Waals surface area contributed by atoms with Crippen molar-refractivity contribution in [1.29, 1.82) is 0 Å². The third-order valence-corrected chi connectivity index (χ3v) is 0.341. The van der Waals surface area contributed by atoms with Crippen molar-refractivity contribution in [3.63, 3.8) is 0 Å². The van der Waals surface area contributed by atoms with Crippen LogP contribution in [0.5, 0.6) is 0 Å². The maximum absolute atomic E-state index is 9.34. The van der Waals surface area contributed by atoms with Crippen LogP contribution in [0.3, 0.4) is 0 Å². The molecular formula is C3H17N3O6Ti. The molecule has 0 rings (SSSR count). The third-order valence-electron chi connectivity index (χ3n) is 0.341. The molecule has 13 heavy (non-hydrogen) atoms. The van der Waals surface area contributed by atoms with Gasteiger partial charge in [-0.2, -0.15) is 0 Å². The van der Waals surface area contributed by atoms with Crippen molar-refractivity contribution in [2.75, 3.05) is 0 Å². The molecule has 84 valence electrons. The molecule has 0 aliphatic carbocycles. The van der Waals surface area contributed by atoms with Gasteiger partial charge in [0.15, 0.2) is 0 Å². The van der Waals surface area contributed by atoms with Gasteiger partial charge in [-0.3, -0.25) is 0 Å². The summed E-state index contributed by atoms with van der Waals surface area (Å²) in [4.78, 5) is 9.34. The fourth-order valence-corrected chi connectivity index (χ4v) is 0. The van der Waals surface area contributed by atoms with Crippen LogP contribution in [0.15, 0.2) is 0 Å². The van der Waals surface area contributed by atoms with E-state index in [1.54, 1.807) is 0 Å². The molecule has 0 aliphatic rings. The molecule has 9 nitrogen and oxygen atoms in total. The minimum atomic E-state index is -4.08. The Balaban J connectivity index is -0.0000000279. The van der Waals surface area contributed by atoms with Crippen LogP contribution in [0.25, 0.3) is 0 Å². The Bertz CT molecular complexity index is 126. The van der Waals surface area contributed by atoms with E-state index >= 15 is 0 Å². The summed E-state index contributed by atoms with van der Waals surface area (Å²) in [5.41, 5.74) is 0. The zero-order valence-corrected chi connectivity index (χ0v) is 9.63. The Morgan fingerprint density at radius 3 is 1.38 bits per heavy atom. The Morgan fingerprint density at radius 2 is 1.38 bits per heavy atom. The normalized spacial score (nSPS) is 8.31. The van der Waals surface area contributed by atoms with Crippen LogP contribution in [0.1, 0.15) is 6.92 Å². The molecule has 0 amide bonds. The van der Waals surface area contributed by atoms with E-state index in [1.165, 1.54) is 0 Å². The summed E-state index contributed by atoms with van der Waals surface area (Å²) in [5.74, 6) is -1.44. The summed E-state index contributed by atoms with van der Waals surface area (Å²) in [6.45, 7) is 1.13. The van der Waals surface area contributed by atoms with E-state index in [-0.39, 0.29) is 18.5 Å². The van der Waals surface area contributed by atoms with Crippen molar-refractivity contribution in [1.82, 2.24) is 18.5 Å².